The third kappa shape index (κ3) is 16.3. The van der Waals surface area contributed by atoms with Crippen molar-refractivity contribution in [3.63, 3.8) is 0 Å². The highest BCUT2D eigenvalue weighted by molar-refractivity contribution is 5.47. The van der Waals surface area contributed by atoms with Crippen molar-refractivity contribution in [2.45, 2.75) is 79.1 Å². The molecule has 1 unspecified atom stereocenters. The normalized spacial score (nSPS) is 11.4. The first-order valence-electron chi connectivity index (χ1n) is 15.4. The first kappa shape index (κ1) is 38.6. The molecule has 0 radical (unpaired) electrons. The molecule has 6 heteroatoms. The molecule has 0 aliphatic heterocycles. The van der Waals surface area contributed by atoms with Crippen molar-refractivity contribution in [2.24, 2.45) is 0 Å². The molecule has 0 heterocycles. The number of hydrogen-bond donors (Lipinski definition) is 3. The van der Waals surface area contributed by atoms with E-state index < -0.39 is 0 Å². The fraction of sp³-hybridized carbons (Fsp3) is 0.385. The van der Waals surface area contributed by atoms with E-state index in [9.17, 15) is 0 Å². The van der Waals surface area contributed by atoms with Crippen molar-refractivity contribution in [2.75, 3.05) is 19.8 Å². The second-order valence-corrected chi connectivity index (χ2v) is 9.79. The molecule has 3 rings (SSSR count). The van der Waals surface area contributed by atoms with Crippen LogP contribution in [0, 0.1) is 35.5 Å². The van der Waals surface area contributed by atoms with Crippen molar-refractivity contribution in [3.8, 4) is 52.8 Å². The van der Waals surface area contributed by atoms with E-state index >= 15 is 0 Å². The lowest BCUT2D eigenvalue weighted by molar-refractivity contribution is 0.129. The number of ether oxygens (including phenoxy) is 3. The Balaban J connectivity index is 0.000000337. The minimum atomic E-state index is -0.199. The Morgan fingerprint density at radius 3 is 0.933 bits per heavy atom. The van der Waals surface area contributed by atoms with Crippen LogP contribution in [0.2, 0.25) is 0 Å². The number of aliphatic hydroxyl groups is 3. The Labute approximate surface area is 270 Å². The molecule has 6 nitrogen and oxygen atoms in total. The van der Waals surface area contributed by atoms with Crippen LogP contribution in [0.1, 0.15) is 77.5 Å². The van der Waals surface area contributed by atoms with Crippen LogP contribution in [0.25, 0.3) is 0 Å². The summed E-state index contributed by atoms with van der Waals surface area (Å²) in [5.74, 6) is 20.3. The molecule has 0 fully saturated rings. The number of rotatable bonds is 9. The van der Waals surface area contributed by atoms with Crippen molar-refractivity contribution >= 4 is 0 Å². The fourth-order valence-corrected chi connectivity index (χ4v) is 3.33. The summed E-state index contributed by atoms with van der Waals surface area (Å²) in [7, 11) is 0. The molecule has 0 amide bonds. The molecule has 0 saturated carbocycles. The molecule has 0 aromatic heterocycles. The number of benzene rings is 3. The van der Waals surface area contributed by atoms with Gasteiger partial charge < -0.3 is 29.5 Å². The van der Waals surface area contributed by atoms with Crippen LogP contribution in [-0.4, -0.2) is 53.5 Å². The minimum absolute atomic E-state index is 0.00946. The van der Waals surface area contributed by atoms with Crippen molar-refractivity contribution in [1.82, 2.24) is 0 Å². The predicted molar refractivity (Wildman–Crippen MR) is 182 cm³/mol. The van der Waals surface area contributed by atoms with Gasteiger partial charge in [-0.3, -0.25) is 0 Å². The molecule has 0 bridgehead atoms. The second-order valence-electron chi connectivity index (χ2n) is 9.79. The number of aliphatic hydroxyl groups excluding tert-OH is 3. The van der Waals surface area contributed by atoms with Crippen LogP contribution in [0.4, 0.5) is 0 Å². The van der Waals surface area contributed by atoms with Gasteiger partial charge >= 0.3 is 0 Å². The van der Waals surface area contributed by atoms with Gasteiger partial charge in [-0.25, -0.2) is 0 Å². The maximum absolute atomic E-state index is 8.90. The molecule has 45 heavy (non-hydrogen) atoms. The van der Waals surface area contributed by atoms with E-state index in [0.717, 1.165) is 53.2 Å². The Hall–Kier alpha value is -4.38. The lowest BCUT2D eigenvalue weighted by atomic mass is 10.2. The quantitative estimate of drug-likeness (QED) is 0.235. The second kappa shape index (κ2) is 24.0. The average molecular weight is 613 g/mol. The predicted octanol–water partition coefficient (Wildman–Crippen LogP) is 6.62. The first-order chi connectivity index (χ1) is 21.8. The van der Waals surface area contributed by atoms with Crippen LogP contribution in [0.15, 0.2) is 72.8 Å². The largest absolute Gasteiger partial charge is 0.487 e. The highest BCUT2D eigenvalue weighted by Crippen LogP contribution is 2.20. The van der Waals surface area contributed by atoms with E-state index in [4.69, 9.17) is 29.5 Å². The molecule has 3 aromatic rings. The number of hydrogen-bond acceptors (Lipinski definition) is 6. The highest BCUT2D eigenvalue weighted by atomic mass is 16.5. The van der Waals surface area contributed by atoms with Gasteiger partial charge in [0.2, 0.25) is 0 Å². The zero-order valence-corrected chi connectivity index (χ0v) is 27.5. The van der Waals surface area contributed by atoms with E-state index in [-0.39, 0.29) is 38.1 Å². The summed E-state index contributed by atoms with van der Waals surface area (Å²) in [5, 5.41) is 26.7. The summed E-state index contributed by atoms with van der Waals surface area (Å²) in [6, 6.07) is 22.8. The van der Waals surface area contributed by atoms with Gasteiger partial charge in [0, 0.05) is 19.3 Å². The molecule has 3 N–H and O–H groups in total. The van der Waals surface area contributed by atoms with Crippen LogP contribution in [0.5, 0.6) is 17.2 Å². The minimum Gasteiger partial charge on any atom is -0.487 e. The van der Waals surface area contributed by atoms with Gasteiger partial charge in [0.1, 0.15) is 35.6 Å². The summed E-state index contributed by atoms with van der Waals surface area (Å²) < 4.78 is 16.6. The third-order valence-electron chi connectivity index (χ3n) is 5.62. The van der Waals surface area contributed by atoms with Gasteiger partial charge in [0.25, 0.3) is 0 Å². The zero-order valence-electron chi connectivity index (χ0n) is 27.5. The lowest BCUT2D eigenvalue weighted by Gasteiger charge is -2.13. The fourth-order valence-electron chi connectivity index (χ4n) is 3.33. The van der Waals surface area contributed by atoms with Gasteiger partial charge in [-0.1, -0.05) is 92.7 Å². The monoisotopic (exact) mass is 612 g/mol. The molecule has 0 saturated heterocycles. The van der Waals surface area contributed by atoms with E-state index in [1.807, 2.05) is 114 Å². The maximum atomic E-state index is 8.90. The Morgan fingerprint density at radius 2 is 0.711 bits per heavy atom. The summed E-state index contributed by atoms with van der Waals surface area (Å²) in [5.41, 5.74) is 2.62. The van der Waals surface area contributed by atoms with Crippen molar-refractivity contribution < 1.29 is 29.5 Å². The molecular weight excluding hydrogens is 564 g/mol. The van der Waals surface area contributed by atoms with Gasteiger partial charge in [0.15, 0.2) is 0 Å². The summed E-state index contributed by atoms with van der Waals surface area (Å²) in [6.45, 7) is 11.5. The van der Waals surface area contributed by atoms with Crippen LogP contribution >= 0.6 is 0 Å². The first-order valence-corrected chi connectivity index (χ1v) is 15.4. The molecule has 3 atom stereocenters. The van der Waals surface area contributed by atoms with E-state index in [0.29, 0.717) is 0 Å². The summed E-state index contributed by atoms with van der Waals surface area (Å²) >= 11 is 0. The van der Waals surface area contributed by atoms with Gasteiger partial charge in [-0.2, -0.15) is 0 Å². The van der Waals surface area contributed by atoms with Gasteiger partial charge in [0.05, 0.1) is 36.5 Å². The van der Waals surface area contributed by atoms with Crippen LogP contribution in [-0.2, 0) is 0 Å². The molecule has 3 aromatic carbocycles. The molecule has 0 aliphatic rings. The third-order valence-corrected chi connectivity index (χ3v) is 5.62. The number of para-hydroxylation sites is 3. The lowest BCUT2D eigenvalue weighted by Crippen LogP contribution is -2.16. The Kier molecular flexibility index (Phi) is 20.6. The van der Waals surface area contributed by atoms with E-state index in [2.05, 4.69) is 35.5 Å². The van der Waals surface area contributed by atoms with E-state index in [1.54, 1.807) is 0 Å². The molecule has 240 valence electrons. The van der Waals surface area contributed by atoms with Crippen LogP contribution in [0.3, 0.4) is 0 Å². The SMILES string of the molecule is CCC#Cc1ccccc1OC(C)CO.CCC#Cc1ccccc1O[C@@H](C)CO.CCC#Cc1ccccc1O[C@H](C)CO. The van der Waals surface area contributed by atoms with E-state index in [1.165, 1.54) is 0 Å². The highest BCUT2D eigenvalue weighted by Gasteiger charge is 2.07. The van der Waals surface area contributed by atoms with Crippen molar-refractivity contribution in [1.29, 1.82) is 0 Å². The Morgan fingerprint density at radius 1 is 0.467 bits per heavy atom. The zero-order chi connectivity index (χ0) is 33.3. The standard InChI is InChI=1S/3C13H16O2/c3*1-3-4-7-12-8-5-6-9-13(12)15-11(2)10-14/h3*5-6,8-9,11,14H,3,10H2,1-2H3/t2*11-;/m10./s1. The topological polar surface area (TPSA) is 88.4 Å². The maximum Gasteiger partial charge on any atom is 0.135 e. The average Bonchev–Trinajstić information content (AvgIpc) is 3.07. The van der Waals surface area contributed by atoms with Gasteiger partial charge in [-0.15, -0.1) is 0 Å². The summed E-state index contributed by atoms with van der Waals surface area (Å²) in [4.78, 5) is 0. The van der Waals surface area contributed by atoms with Crippen molar-refractivity contribution in [3.05, 3.63) is 89.5 Å². The molecule has 0 spiro atoms. The Bertz CT molecular complexity index is 1260. The van der Waals surface area contributed by atoms with Crippen LogP contribution < -0.4 is 14.2 Å². The molecule has 0 aliphatic carbocycles. The summed E-state index contributed by atoms with van der Waals surface area (Å²) in [6.07, 6.45) is 1.87. The van der Waals surface area contributed by atoms with Gasteiger partial charge in [-0.05, 0) is 57.2 Å². The molecular formula is C39H48O6. The smallest absolute Gasteiger partial charge is 0.135 e.